The Bertz CT molecular complexity index is 241. The van der Waals surface area contributed by atoms with E-state index in [4.69, 9.17) is 0 Å². The number of nitrogens with one attached hydrogen (secondary N) is 1. The van der Waals surface area contributed by atoms with Crippen LogP contribution < -0.4 is 5.32 Å². The number of amides is 1. The molecule has 5 heteroatoms. The van der Waals surface area contributed by atoms with Gasteiger partial charge in [-0.2, -0.15) is 11.8 Å². The summed E-state index contributed by atoms with van der Waals surface area (Å²) in [5.74, 6) is 3.33. The van der Waals surface area contributed by atoms with E-state index in [0.717, 1.165) is 25.3 Å². The molecule has 1 amide bonds. The average Bonchev–Trinajstić information content (AvgIpc) is 2.83. The number of carbonyl (C=O) groups excluding carboxylic acids is 1. The lowest BCUT2D eigenvalue weighted by Gasteiger charge is -2.28. The van der Waals surface area contributed by atoms with E-state index in [0.29, 0.717) is 17.9 Å². The SMILES string of the molecule is CN(C(=O)CC1CCNCC1)C1CCSC1.Cl. The number of hydrogen-bond donors (Lipinski definition) is 1. The topological polar surface area (TPSA) is 32.3 Å². The third kappa shape index (κ3) is 4.34. The zero-order chi connectivity index (χ0) is 11.4. The molecule has 0 saturated carbocycles. The van der Waals surface area contributed by atoms with Gasteiger partial charge in [0.2, 0.25) is 5.91 Å². The van der Waals surface area contributed by atoms with Crippen LogP contribution in [0.2, 0.25) is 0 Å². The number of piperidine rings is 1. The molecule has 1 atom stereocenters. The highest BCUT2D eigenvalue weighted by Gasteiger charge is 2.25. The van der Waals surface area contributed by atoms with Crippen molar-refractivity contribution in [3.05, 3.63) is 0 Å². The van der Waals surface area contributed by atoms with Gasteiger partial charge in [0.15, 0.2) is 0 Å². The highest BCUT2D eigenvalue weighted by Crippen LogP contribution is 2.23. The van der Waals surface area contributed by atoms with Gasteiger partial charge in [-0.1, -0.05) is 0 Å². The number of carbonyl (C=O) groups is 1. The van der Waals surface area contributed by atoms with Crippen LogP contribution in [0.25, 0.3) is 0 Å². The van der Waals surface area contributed by atoms with Crippen molar-refractivity contribution in [3.63, 3.8) is 0 Å². The number of halogens is 1. The molecule has 17 heavy (non-hydrogen) atoms. The fourth-order valence-corrected chi connectivity index (χ4v) is 3.78. The summed E-state index contributed by atoms with van der Waals surface area (Å²) in [5, 5.41) is 3.34. The monoisotopic (exact) mass is 278 g/mol. The quantitative estimate of drug-likeness (QED) is 0.854. The van der Waals surface area contributed by atoms with Crippen LogP contribution >= 0.6 is 24.2 Å². The van der Waals surface area contributed by atoms with Crippen LogP contribution in [-0.2, 0) is 4.79 Å². The molecule has 0 aromatic heterocycles. The van der Waals surface area contributed by atoms with E-state index in [1.807, 2.05) is 23.7 Å². The van der Waals surface area contributed by atoms with Gasteiger partial charge in [0, 0.05) is 25.3 Å². The van der Waals surface area contributed by atoms with Crippen molar-refractivity contribution in [1.82, 2.24) is 10.2 Å². The summed E-state index contributed by atoms with van der Waals surface area (Å²) in [6.45, 7) is 2.17. The normalized spacial score (nSPS) is 25.4. The first-order chi connectivity index (χ1) is 7.77. The summed E-state index contributed by atoms with van der Waals surface area (Å²) in [4.78, 5) is 14.1. The van der Waals surface area contributed by atoms with Gasteiger partial charge in [0.25, 0.3) is 0 Å². The molecule has 0 aromatic carbocycles. The van der Waals surface area contributed by atoms with Gasteiger partial charge in [0.05, 0.1) is 0 Å². The van der Waals surface area contributed by atoms with Gasteiger partial charge >= 0.3 is 0 Å². The summed E-state index contributed by atoms with van der Waals surface area (Å²) >= 11 is 1.97. The third-order valence-corrected chi connectivity index (χ3v) is 4.91. The molecule has 3 nitrogen and oxygen atoms in total. The second-order valence-electron chi connectivity index (χ2n) is 4.92. The Morgan fingerprint density at radius 1 is 1.35 bits per heavy atom. The predicted molar refractivity (Wildman–Crippen MR) is 76.0 cm³/mol. The van der Waals surface area contributed by atoms with Gasteiger partial charge in [-0.15, -0.1) is 12.4 Å². The lowest BCUT2D eigenvalue weighted by molar-refractivity contribution is -0.132. The molecule has 100 valence electrons. The predicted octanol–water partition coefficient (Wildman–Crippen LogP) is 1.76. The minimum absolute atomic E-state index is 0. The molecule has 2 aliphatic heterocycles. The van der Waals surface area contributed by atoms with Gasteiger partial charge in [0.1, 0.15) is 0 Å². The van der Waals surface area contributed by atoms with Crippen LogP contribution in [-0.4, -0.2) is 48.5 Å². The van der Waals surface area contributed by atoms with E-state index < -0.39 is 0 Å². The summed E-state index contributed by atoms with van der Waals surface area (Å²) in [6, 6.07) is 0.499. The van der Waals surface area contributed by atoms with Gasteiger partial charge in [-0.05, 0) is 44.0 Å². The summed E-state index contributed by atoms with van der Waals surface area (Å²) in [6.07, 6.45) is 4.27. The molecule has 2 heterocycles. The van der Waals surface area contributed by atoms with Crippen LogP contribution in [0.1, 0.15) is 25.7 Å². The molecule has 2 aliphatic rings. The third-order valence-electron chi connectivity index (χ3n) is 3.77. The molecular formula is C12H23ClN2OS. The molecule has 0 aliphatic carbocycles. The van der Waals surface area contributed by atoms with E-state index in [1.165, 1.54) is 25.0 Å². The highest BCUT2D eigenvalue weighted by molar-refractivity contribution is 7.99. The van der Waals surface area contributed by atoms with E-state index >= 15 is 0 Å². The second kappa shape index (κ2) is 7.49. The number of thioether (sulfide) groups is 1. The number of hydrogen-bond acceptors (Lipinski definition) is 3. The Morgan fingerprint density at radius 3 is 2.65 bits per heavy atom. The zero-order valence-electron chi connectivity index (χ0n) is 10.5. The minimum atomic E-state index is 0. The van der Waals surface area contributed by atoms with Crippen molar-refractivity contribution < 1.29 is 4.79 Å². The molecule has 2 saturated heterocycles. The Hall–Kier alpha value is 0.0700. The van der Waals surface area contributed by atoms with Crippen molar-refractivity contribution in [1.29, 1.82) is 0 Å². The molecule has 2 fully saturated rings. The van der Waals surface area contributed by atoms with Gasteiger partial charge in [-0.3, -0.25) is 4.79 Å². The molecule has 0 spiro atoms. The van der Waals surface area contributed by atoms with E-state index in [-0.39, 0.29) is 12.4 Å². The molecular weight excluding hydrogens is 256 g/mol. The number of rotatable bonds is 3. The first-order valence-electron chi connectivity index (χ1n) is 6.31. The molecule has 1 N–H and O–H groups in total. The van der Waals surface area contributed by atoms with E-state index in [9.17, 15) is 4.79 Å². The Kier molecular flexibility index (Phi) is 6.67. The molecule has 1 unspecified atom stereocenters. The zero-order valence-corrected chi connectivity index (χ0v) is 12.1. The lowest BCUT2D eigenvalue weighted by Crippen LogP contribution is -2.39. The molecule has 0 aromatic rings. The Labute approximate surface area is 114 Å². The molecule has 0 bridgehead atoms. The Morgan fingerprint density at radius 2 is 2.06 bits per heavy atom. The van der Waals surface area contributed by atoms with Crippen molar-refractivity contribution in [2.75, 3.05) is 31.6 Å². The largest absolute Gasteiger partial charge is 0.342 e. The van der Waals surface area contributed by atoms with Crippen LogP contribution in [0.15, 0.2) is 0 Å². The minimum Gasteiger partial charge on any atom is -0.342 e. The van der Waals surface area contributed by atoms with Gasteiger partial charge in [-0.25, -0.2) is 0 Å². The van der Waals surface area contributed by atoms with Crippen molar-refractivity contribution in [3.8, 4) is 0 Å². The summed E-state index contributed by atoms with van der Waals surface area (Å²) in [7, 11) is 1.99. The maximum absolute atomic E-state index is 12.1. The first kappa shape index (κ1) is 15.1. The molecule has 0 radical (unpaired) electrons. The second-order valence-corrected chi connectivity index (χ2v) is 6.07. The summed E-state index contributed by atoms with van der Waals surface area (Å²) < 4.78 is 0. The number of nitrogens with zero attached hydrogens (tertiary/aromatic N) is 1. The summed E-state index contributed by atoms with van der Waals surface area (Å²) in [5.41, 5.74) is 0. The van der Waals surface area contributed by atoms with E-state index in [2.05, 4.69) is 5.32 Å². The maximum Gasteiger partial charge on any atom is 0.222 e. The average molecular weight is 279 g/mol. The van der Waals surface area contributed by atoms with Crippen LogP contribution in [0.4, 0.5) is 0 Å². The van der Waals surface area contributed by atoms with Crippen molar-refractivity contribution in [2.45, 2.75) is 31.7 Å². The van der Waals surface area contributed by atoms with Crippen LogP contribution in [0.3, 0.4) is 0 Å². The maximum atomic E-state index is 12.1. The Balaban J connectivity index is 0.00000144. The van der Waals surface area contributed by atoms with Crippen LogP contribution in [0, 0.1) is 5.92 Å². The highest BCUT2D eigenvalue weighted by atomic mass is 35.5. The first-order valence-corrected chi connectivity index (χ1v) is 7.47. The van der Waals surface area contributed by atoms with Crippen LogP contribution in [0.5, 0.6) is 0 Å². The van der Waals surface area contributed by atoms with Crippen molar-refractivity contribution in [2.24, 2.45) is 5.92 Å². The smallest absolute Gasteiger partial charge is 0.222 e. The molecule has 2 rings (SSSR count). The fourth-order valence-electron chi connectivity index (χ4n) is 2.51. The fraction of sp³-hybridized carbons (Fsp3) is 0.917. The van der Waals surface area contributed by atoms with Gasteiger partial charge < -0.3 is 10.2 Å². The van der Waals surface area contributed by atoms with E-state index in [1.54, 1.807) is 0 Å². The standard InChI is InChI=1S/C12H22N2OS.ClH/c1-14(11-4-7-16-9-11)12(15)8-10-2-5-13-6-3-10;/h10-11,13H,2-9H2,1H3;1H. The van der Waals surface area contributed by atoms with Crippen molar-refractivity contribution >= 4 is 30.1 Å². The lowest BCUT2D eigenvalue weighted by atomic mass is 9.94.